The molecule has 30 heavy (non-hydrogen) atoms. The van der Waals surface area contributed by atoms with E-state index in [1.165, 1.54) is 16.7 Å². The normalized spacial score (nSPS) is 15.0. The number of rotatable bonds is 4. The number of hydrogen-bond acceptors (Lipinski definition) is 5. The van der Waals surface area contributed by atoms with Crippen LogP contribution in [0.2, 0.25) is 0 Å². The fraction of sp³-hybridized carbons (Fsp3) is 0. The van der Waals surface area contributed by atoms with Gasteiger partial charge in [-0.3, -0.25) is 9.69 Å². The number of carbonyl (C=O) groups excluding carboxylic acids is 2. The molecule has 0 spiro atoms. The molecule has 0 aromatic heterocycles. The van der Waals surface area contributed by atoms with Gasteiger partial charge < -0.3 is 4.74 Å². The number of nitrogens with zero attached hydrogens (tertiary/aromatic N) is 1. The van der Waals surface area contributed by atoms with Crippen molar-refractivity contribution in [2.75, 3.05) is 4.90 Å². The molecule has 1 heterocycles. The van der Waals surface area contributed by atoms with E-state index in [2.05, 4.69) is 22.6 Å². The van der Waals surface area contributed by atoms with Gasteiger partial charge in [0.05, 0.1) is 16.2 Å². The van der Waals surface area contributed by atoms with Crippen LogP contribution >= 0.6 is 46.6 Å². The van der Waals surface area contributed by atoms with Crippen molar-refractivity contribution in [1.82, 2.24) is 0 Å². The summed E-state index contributed by atoms with van der Waals surface area (Å²) in [7, 11) is 0. The Hall–Kier alpha value is -2.49. The van der Waals surface area contributed by atoms with E-state index >= 15 is 0 Å². The summed E-state index contributed by atoms with van der Waals surface area (Å²) in [6.45, 7) is 0. The van der Waals surface area contributed by atoms with Crippen LogP contribution in [-0.2, 0) is 4.79 Å². The molecule has 148 valence electrons. The van der Waals surface area contributed by atoms with Gasteiger partial charge in [-0.25, -0.2) is 4.79 Å². The molecule has 1 fully saturated rings. The number of hydrogen-bond donors (Lipinski definition) is 0. The Labute approximate surface area is 197 Å². The summed E-state index contributed by atoms with van der Waals surface area (Å²) in [6.07, 6.45) is 1.79. The Kier molecular flexibility index (Phi) is 6.31. The first-order valence-electron chi connectivity index (χ1n) is 8.92. The van der Waals surface area contributed by atoms with Gasteiger partial charge in [0.2, 0.25) is 0 Å². The van der Waals surface area contributed by atoms with Crippen molar-refractivity contribution in [2.24, 2.45) is 0 Å². The van der Waals surface area contributed by atoms with E-state index in [1.807, 2.05) is 42.5 Å². The molecule has 0 bridgehead atoms. The lowest BCUT2D eigenvalue weighted by atomic mass is 10.2. The summed E-state index contributed by atoms with van der Waals surface area (Å²) in [5.74, 6) is -0.122. The summed E-state index contributed by atoms with van der Waals surface area (Å²) in [5, 5.41) is 0. The number of para-hydroxylation sites is 1. The predicted molar refractivity (Wildman–Crippen MR) is 133 cm³/mol. The molecule has 7 heteroatoms. The largest absolute Gasteiger partial charge is 0.423 e. The van der Waals surface area contributed by atoms with Crippen molar-refractivity contribution >= 4 is 74.5 Å². The Balaban J connectivity index is 1.48. The van der Waals surface area contributed by atoms with Gasteiger partial charge in [0.15, 0.2) is 4.32 Å². The highest BCUT2D eigenvalue weighted by Gasteiger charge is 2.33. The molecule has 3 aromatic rings. The first kappa shape index (κ1) is 20.8. The molecule has 4 nitrogen and oxygen atoms in total. The summed E-state index contributed by atoms with van der Waals surface area (Å²) in [4.78, 5) is 27.2. The average Bonchev–Trinajstić information content (AvgIpc) is 3.03. The van der Waals surface area contributed by atoms with Crippen LogP contribution in [0.25, 0.3) is 6.08 Å². The zero-order valence-electron chi connectivity index (χ0n) is 15.4. The van der Waals surface area contributed by atoms with E-state index in [4.69, 9.17) is 17.0 Å². The van der Waals surface area contributed by atoms with E-state index in [9.17, 15) is 9.59 Å². The molecule has 0 aliphatic carbocycles. The fourth-order valence-electron chi connectivity index (χ4n) is 2.83. The highest BCUT2D eigenvalue weighted by molar-refractivity contribution is 14.1. The Bertz CT molecular complexity index is 1160. The van der Waals surface area contributed by atoms with Crippen LogP contribution in [0.5, 0.6) is 5.75 Å². The average molecular weight is 543 g/mol. The van der Waals surface area contributed by atoms with Gasteiger partial charge in [-0.15, -0.1) is 0 Å². The van der Waals surface area contributed by atoms with Crippen LogP contribution in [0.15, 0.2) is 83.8 Å². The quantitative estimate of drug-likeness (QED) is 0.135. The van der Waals surface area contributed by atoms with Gasteiger partial charge in [-0.1, -0.05) is 60.4 Å². The minimum Gasteiger partial charge on any atom is -0.423 e. The smallest absolute Gasteiger partial charge is 0.343 e. The number of halogens is 1. The van der Waals surface area contributed by atoms with Crippen LogP contribution in [0.3, 0.4) is 0 Å². The first-order chi connectivity index (χ1) is 14.5. The van der Waals surface area contributed by atoms with E-state index < -0.39 is 5.97 Å². The SMILES string of the molecule is O=C(Oc1ccc(/C=C2\SC(=S)N(c3ccccc3)C2=O)cc1)c1cccc(I)c1. The van der Waals surface area contributed by atoms with Crippen LogP contribution in [0.4, 0.5) is 5.69 Å². The lowest BCUT2D eigenvalue weighted by Crippen LogP contribution is -2.27. The monoisotopic (exact) mass is 543 g/mol. The highest BCUT2D eigenvalue weighted by atomic mass is 127. The third kappa shape index (κ3) is 4.63. The van der Waals surface area contributed by atoms with Crippen molar-refractivity contribution in [1.29, 1.82) is 0 Å². The topological polar surface area (TPSA) is 46.6 Å². The third-order valence-electron chi connectivity index (χ3n) is 4.26. The molecule has 4 rings (SSSR count). The molecule has 0 unspecified atom stereocenters. The number of amides is 1. The summed E-state index contributed by atoms with van der Waals surface area (Å²) < 4.78 is 6.89. The van der Waals surface area contributed by atoms with Crippen molar-refractivity contribution in [3.63, 3.8) is 0 Å². The number of thiocarbonyl (C=S) groups is 1. The van der Waals surface area contributed by atoms with Gasteiger partial charge >= 0.3 is 5.97 Å². The summed E-state index contributed by atoms with van der Waals surface area (Å²) >= 11 is 8.80. The maximum atomic E-state index is 12.8. The van der Waals surface area contributed by atoms with Crippen LogP contribution in [0.1, 0.15) is 15.9 Å². The third-order valence-corrected chi connectivity index (χ3v) is 6.23. The second-order valence-electron chi connectivity index (χ2n) is 6.32. The number of thioether (sulfide) groups is 1. The van der Waals surface area contributed by atoms with Crippen LogP contribution < -0.4 is 9.64 Å². The molecule has 0 atom stereocenters. The van der Waals surface area contributed by atoms with E-state index in [1.54, 1.807) is 42.5 Å². The predicted octanol–water partition coefficient (Wildman–Crippen LogP) is 5.92. The fourth-order valence-corrected chi connectivity index (χ4v) is 4.67. The molecule has 1 aliphatic rings. The van der Waals surface area contributed by atoms with E-state index in [0.29, 0.717) is 20.5 Å². The molecule has 1 aliphatic heterocycles. The number of anilines is 1. The molecule has 1 amide bonds. The van der Waals surface area contributed by atoms with Gasteiger partial charge in [0.25, 0.3) is 5.91 Å². The maximum absolute atomic E-state index is 12.8. The van der Waals surface area contributed by atoms with Gasteiger partial charge in [-0.2, -0.15) is 0 Å². The molecule has 1 saturated heterocycles. The van der Waals surface area contributed by atoms with Crippen molar-refractivity contribution in [2.45, 2.75) is 0 Å². The summed E-state index contributed by atoms with van der Waals surface area (Å²) in [5.41, 5.74) is 2.06. The minimum absolute atomic E-state index is 0.148. The highest BCUT2D eigenvalue weighted by Crippen LogP contribution is 2.36. The molecule has 0 saturated carbocycles. The minimum atomic E-state index is -0.412. The molecule has 0 N–H and O–H groups in total. The van der Waals surface area contributed by atoms with Gasteiger partial charge in [-0.05, 0) is 76.7 Å². The lowest BCUT2D eigenvalue weighted by molar-refractivity contribution is -0.113. The number of ether oxygens (including phenoxy) is 1. The van der Waals surface area contributed by atoms with Crippen LogP contribution in [0, 0.1) is 3.57 Å². The van der Waals surface area contributed by atoms with Gasteiger partial charge in [0.1, 0.15) is 5.75 Å². The zero-order chi connectivity index (χ0) is 21.1. The summed E-state index contributed by atoms with van der Waals surface area (Å²) in [6, 6.07) is 23.5. The van der Waals surface area contributed by atoms with E-state index in [0.717, 1.165) is 14.8 Å². The van der Waals surface area contributed by atoms with Crippen molar-refractivity contribution in [3.8, 4) is 5.75 Å². The van der Waals surface area contributed by atoms with Crippen molar-refractivity contribution < 1.29 is 14.3 Å². The second kappa shape index (κ2) is 9.11. The molecule has 3 aromatic carbocycles. The zero-order valence-corrected chi connectivity index (χ0v) is 19.2. The van der Waals surface area contributed by atoms with Gasteiger partial charge in [0, 0.05) is 3.57 Å². The van der Waals surface area contributed by atoms with Crippen LogP contribution in [-0.4, -0.2) is 16.2 Å². The first-order valence-corrected chi connectivity index (χ1v) is 11.2. The number of esters is 1. The molecular formula is C23H14INO3S2. The Morgan fingerprint density at radius 2 is 1.73 bits per heavy atom. The molecule has 0 radical (unpaired) electrons. The van der Waals surface area contributed by atoms with E-state index in [-0.39, 0.29) is 5.91 Å². The Morgan fingerprint density at radius 1 is 1.00 bits per heavy atom. The standard InChI is InChI=1S/C23H14INO3S2/c24-17-6-4-5-16(14-17)22(27)28-19-11-9-15(10-12-19)13-20-21(26)25(23(29)30-20)18-7-2-1-3-8-18/h1-14H/b20-13-. The molecular weight excluding hydrogens is 529 g/mol. The maximum Gasteiger partial charge on any atom is 0.343 e. The number of benzene rings is 3. The van der Waals surface area contributed by atoms with Crippen molar-refractivity contribution in [3.05, 3.63) is 98.5 Å². The number of carbonyl (C=O) groups is 2. The Morgan fingerprint density at radius 3 is 2.43 bits per heavy atom. The lowest BCUT2D eigenvalue weighted by Gasteiger charge is -2.13. The second-order valence-corrected chi connectivity index (χ2v) is 9.24.